The van der Waals surface area contributed by atoms with Gasteiger partial charge in [-0.2, -0.15) is 0 Å². The summed E-state index contributed by atoms with van der Waals surface area (Å²) in [4.78, 5) is 12.7. The average Bonchev–Trinajstić information content (AvgIpc) is 2.74. The number of rotatable bonds is 8. The van der Waals surface area contributed by atoms with E-state index in [1.54, 1.807) is 24.3 Å². The molecule has 31 heavy (non-hydrogen) atoms. The number of sulfonamides is 1. The SMILES string of the molecule is CC[C@@H](Oc1cccc(C)c1)C(=O)Nc1ccc(S(=O)(=O)Nc2ccccc2C)cc1. The summed E-state index contributed by atoms with van der Waals surface area (Å²) in [6.07, 6.45) is -0.167. The van der Waals surface area contributed by atoms with Gasteiger partial charge in [-0.05, 0) is 73.9 Å². The molecule has 7 heteroatoms. The minimum atomic E-state index is -3.73. The van der Waals surface area contributed by atoms with E-state index in [0.29, 0.717) is 23.5 Å². The molecule has 6 nitrogen and oxygen atoms in total. The van der Waals surface area contributed by atoms with E-state index in [1.807, 2.05) is 57.2 Å². The summed E-state index contributed by atoms with van der Waals surface area (Å²) in [6, 6.07) is 20.7. The largest absolute Gasteiger partial charge is 0.481 e. The molecule has 162 valence electrons. The van der Waals surface area contributed by atoms with E-state index < -0.39 is 16.1 Å². The zero-order valence-electron chi connectivity index (χ0n) is 17.8. The normalized spacial score (nSPS) is 12.1. The third kappa shape index (κ3) is 5.86. The maximum Gasteiger partial charge on any atom is 0.265 e. The van der Waals surface area contributed by atoms with Gasteiger partial charge in [-0.15, -0.1) is 0 Å². The molecule has 0 bridgehead atoms. The fraction of sp³-hybridized carbons (Fsp3) is 0.208. The Hall–Kier alpha value is -3.32. The van der Waals surface area contributed by atoms with Gasteiger partial charge in [0.15, 0.2) is 6.10 Å². The highest BCUT2D eigenvalue weighted by Crippen LogP contribution is 2.21. The van der Waals surface area contributed by atoms with Crippen LogP contribution in [0.4, 0.5) is 11.4 Å². The Morgan fingerprint density at radius 1 is 0.968 bits per heavy atom. The van der Waals surface area contributed by atoms with Gasteiger partial charge in [-0.3, -0.25) is 9.52 Å². The van der Waals surface area contributed by atoms with Gasteiger partial charge >= 0.3 is 0 Å². The molecule has 1 atom stereocenters. The zero-order chi connectivity index (χ0) is 22.4. The molecule has 2 N–H and O–H groups in total. The number of nitrogens with one attached hydrogen (secondary N) is 2. The molecule has 0 spiro atoms. The molecule has 0 saturated carbocycles. The fourth-order valence-corrected chi connectivity index (χ4v) is 4.14. The molecule has 3 aromatic rings. The maximum absolute atomic E-state index is 12.7. The second-order valence-electron chi connectivity index (χ2n) is 7.27. The zero-order valence-corrected chi connectivity index (χ0v) is 18.6. The van der Waals surface area contributed by atoms with E-state index >= 15 is 0 Å². The second-order valence-corrected chi connectivity index (χ2v) is 8.95. The molecule has 3 aromatic carbocycles. The molecule has 0 fully saturated rings. The number of carbonyl (C=O) groups is 1. The van der Waals surface area contributed by atoms with Crippen LogP contribution in [0.2, 0.25) is 0 Å². The Bertz CT molecular complexity index is 1160. The van der Waals surface area contributed by atoms with E-state index in [2.05, 4.69) is 10.0 Å². The minimum Gasteiger partial charge on any atom is -0.481 e. The molecule has 0 heterocycles. The summed E-state index contributed by atoms with van der Waals surface area (Å²) < 4.78 is 33.7. The summed E-state index contributed by atoms with van der Waals surface area (Å²) in [7, 11) is -3.73. The first-order valence-corrected chi connectivity index (χ1v) is 11.5. The fourth-order valence-electron chi connectivity index (χ4n) is 3.01. The van der Waals surface area contributed by atoms with Crippen molar-refractivity contribution in [2.45, 2.75) is 38.2 Å². The van der Waals surface area contributed by atoms with Crippen molar-refractivity contribution in [1.29, 1.82) is 0 Å². The molecule has 0 aliphatic heterocycles. The maximum atomic E-state index is 12.7. The summed E-state index contributed by atoms with van der Waals surface area (Å²) in [5.74, 6) is 0.336. The third-order valence-corrected chi connectivity index (χ3v) is 6.13. The first kappa shape index (κ1) is 22.4. The van der Waals surface area contributed by atoms with Gasteiger partial charge in [0.1, 0.15) is 5.75 Å². The van der Waals surface area contributed by atoms with Crippen molar-refractivity contribution < 1.29 is 17.9 Å². The predicted octanol–water partition coefficient (Wildman–Crippen LogP) is 4.90. The van der Waals surface area contributed by atoms with Crippen LogP contribution in [0.1, 0.15) is 24.5 Å². The van der Waals surface area contributed by atoms with Crippen LogP contribution in [-0.2, 0) is 14.8 Å². The highest BCUT2D eigenvalue weighted by molar-refractivity contribution is 7.92. The summed E-state index contributed by atoms with van der Waals surface area (Å²) in [6.45, 7) is 5.66. The Morgan fingerprint density at radius 3 is 2.32 bits per heavy atom. The van der Waals surface area contributed by atoms with Crippen LogP contribution < -0.4 is 14.8 Å². The lowest BCUT2D eigenvalue weighted by Crippen LogP contribution is -2.32. The topological polar surface area (TPSA) is 84.5 Å². The number of ether oxygens (including phenoxy) is 1. The number of anilines is 2. The van der Waals surface area contributed by atoms with Gasteiger partial charge in [-0.1, -0.05) is 37.3 Å². The molecule has 3 rings (SSSR count). The van der Waals surface area contributed by atoms with Crippen LogP contribution in [0.5, 0.6) is 5.75 Å². The number of amides is 1. The van der Waals surface area contributed by atoms with Crippen molar-refractivity contribution in [1.82, 2.24) is 0 Å². The van der Waals surface area contributed by atoms with Crippen LogP contribution in [0.3, 0.4) is 0 Å². The van der Waals surface area contributed by atoms with E-state index in [-0.39, 0.29) is 10.8 Å². The van der Waals surface area contributed by atoms with E-state index in [9.17, 15) is 13.2 Å². The highest BCUT2D eigenvalue weighted by atomic mass is 32.2. The van der Waals surface area contributed by atoms with Crippen molar-refractivity contribution >= 4 is 27.3 Å². The summed E-state index contributed by atoms with van der Waals surface area (Å²) >= 11 is 0. The Balaban J connectivity index is 1.67. The second kappa shape index (κ2) is 9.66. The smallest absolute Gasteiger partial charge is 0.265 e. The molecule has 0 aromatic heterocycles. The van der Waals surface area contributed by atoms with Gasteiger partial charge in [0, 0.05) is 5.69 Å². The summed E-state index contributed by atoms with van der Waals surface area (Å²) in [5, 5.41) is 2.79. The first-order chi connectivity index (χ1) is 14.8. The van der Waals surface area contributed by atoms with Crippen molar-refractivity contribution in [2.24, 2.45) is 0 Å². The van der Waals surface area contributed by atoms with Gasteiger partial charge in [0.05, 0.1) is 10.6 Å². The van der Waals surface area contributed by atoms with Crippen LogP contribution in [0, 0.1) is 13.8 Å². The summed E-state index contributed by atoms with van der Waals surface area (Å²) in [5.41, 5.74) is 2.89. The third-order valence-electron chi connectivity index (χ3n) is 4.75. The molecular formula is C24H26N2O4S. The molecule has 0 radical (unpaired) electrons. The Kier molecular flexibility index (Phi) is 6.97. The molecule has 0 unspecified atom stereocenters. The van der Waals surface area contributed by atoms with E-state index in [1.165, 1.54) is 12.1 Å². The molecule has 1 amide bonds. The number of para-hydroxylation sites is 1. The van der Waals surface area contributed by atoms with Crippen LogP contribution >= 0.6 is 0 Å². The first-order valence-electron chi connectivity index (χ1n) is 10.0. The Morgan fingerprint density at radius 2 is 1.68 bits per heavy atom. The number of carbonyl (C=O) groups excluding carboxylic acids is 1. The van der Waals surface area contributed by atoms with Crippen molar-refractivity contribution in [2.75, 3.05) is 10.0 Å². The van der Waals surface area contributed by atoms with Crippen molar-refractivity contribution in [3.05, 3.63) is 83.9 Å². The van der Waals surface area contributed by atoms with Gasteiger partial charge in [0.25, 0.3) is 15.9 Å². The lowest BCUT2D eigenvalue weighted by molar-refractivity contribution is -0.122. The van der Waals surface area contributed by atoms with E-state index in [4.69, 9.17) is 4.74 Å². The van der Waals surface area contributed by atoms with Crippen molar-refractivity contribution in [3.8, 4) is 5.75 Å². The van der Waals surface area contributed by atoms with Crippen molar-refractivity contribution in [3.63, 3.8) is 0 Å². The molecule has 0 saturated heterocycles. The monoisotopic (exact) mass is 438 g/mol. The van der Waals surface area contributed by atoms with Gasteiger partial charge in [0.2, 0.25) is 0 Å². The van der Waals surface area contributed by atoms with E-state index in [0.717, 1.165) is 11.1 Å². The molecular weight excluding hydrogens is 412 g/mol. The van der Waals surface area contributed by atoms with Gasteiger partial charge in [-0.25, -0.2) is 8.42 Å². The average molecular weight is 439 g/mol. The standard InChI is InChI=1S/C24H26N2O4S/c1-4-23(30-20-10-7-8-17(2)16-20)24(27)25-19-12-14-21(15-13-19)31(28,29)26-22-11-6-5-9-18(22)3/h5-16,23,26H,4H2,1-3H3,(H,25,27)/t23-/m1/s1. The molecule has 0 aliphatic carbocycles. The minimum absolute atomic E-state index is 0.108. The van der Waals surface area contributed by atoms with Crippen LogP contribution in [-0.4, -0.2) is 20.4 Å². The molecule has 0 aliphatic rings. The number of hydrogen-bond donors (Lipinski definition) is 2. The highest BCUT2D eigenvalue weighted by Gasteiger charge is 2.20. The predicted molar refractivity (Wildman–Crippen MR) is 123 cm³/mol. The Labute approximate surface area is 183 Å². The lowest BCUT2D eigenvalue weighted by Gasteiger charge is -2.18. The number of hydrogen-bond acceptors (Lipinski definition) is 4. The van der Waals surface area contributed by atoms with Crippen LogP contribution in [0.25, 0.3) is 0 Å². The van der Waals surface area contributed by atoms with Crippen LogP contribution in [0.15, 0.2) is 77.7 Å². The number of aryl methyl sites for hydroxylation is 2. The quantitative estimate of drug-likeness (QED) is 0.524. The lowest BCUT2D eigenvalue weighted by atomic mass is 10.2. The van der Waals surface area contributed by atoms with Gasteiger partial charge < -0.3 is 10.1 Å². The number of benzene rings is 3.